The Morgan fingerprint density at radius 3 is 2.55 bits per heavy atom. The molecule has 1 atom stereocenters. The molecule has 5 aromatic rings. The summed E-state index contributed by atoms with van der Waals surface area (Å²) in [7, 11) is 0. The van der Waals surface area contributed by atoms with Gasteiger partial charge in [-0.25, -0.2) is 9.78 Å². The number of benzene rings is 3. The molecule has 3 N–H and O–H groups in total. The third-order valence-electron chi connectivity index (χ3n) is 7.75. The number of nitrogens with zero attached hydrogens (tertiary/aromatic N) is 4. The van der Waals surface area contributed by atoms with Gasteiger partial charge in [-0.2, -0.15) is 5.10 Å². The van der Waals surface area contributed by atoms with Gasteiger partial charge in [-0.3, -0.25) is 9.48 Å². The average Bonchev–Trinajstić information content (AvgIpc) is 3.61. The molecule has 1 aliphatic heterocycles. The highest BCUT2D eigenvalue weighted by Gasteiger charge is 2.32. The maximum Gasteiger partial charge on any atom is 0.410 e. The van der Waals surface area contributed by atoms with Crippen LogP contribution < -0.4 is 10.5 Å². The number of carboxylic acid groups (broad SMARTS) is 1. The zero-order valence-corrected chi connectivity index (χ0v) is 25.0. The van der Waals surface area contributed by atoms with Crippen molar-refractivity contribution < 1.29 is 24.2 Å². The molecule has 0 aliphatic carbocycles. The number of nitrogen functional groups attached to an aromatic ring is 1. The van der Waals surface area contributed by atoms with Gasteiger partial charge in [-0.05, 0) is 74.0 Å². The molecule has 6 rings (SSSR count). The highest BCUT2D eigenvalue weighted by molar-refractivity contribution is 5.95. The van der Waals surface area contributed by atoms with Crippen molar-refractivity contribution in [3.63, 3.8) is 0 Å². The van der Waals surface area contributed by atoms with E-state index in [1.54, 1.807) is 29.3 Å². The van der Waals surface area contributed by atoms with Gasteiger partial charge in [0.05, 0.1) is 18.0 Å². The smallest absolute Gasteiger partial charge is 0.410 e. The average molecular weight is 594 g/mol. The molecule has 1 saturated heterocycles. The van der Waals surface area contributed by atoms with Gasteiger partial charge in [0.2, 0.25) is 0 Å². The summed E-state index contributed by atoms with van der Waals surface area (Å²) in [4.78, 5) is 30.2. The molecule has 0 radical (unpaired) electrons. The van der Waals surface area contributed by atoms with Crippen molar-refractivity contribution in [2.45, 2.75) is 51.9 Å². The van der Waals surface area contributed by atoms with Crippen molar-refractivity contribution >= 4 is 39.6 Å². The van der Waals surface area contributed by atoms with E-state index in [9.17, 15) is 14.7 Å². The lowest BCUT2D eigenvalue weighted by Gasteiger charge is -2.24. The highest BCUT2D eigenvalue weighted by Crippen LogP contribution is 2.34. The Balaban J connectivity index is 1.37. The van der Waals surface area contributed by atoms with Crippen molar-refractivity contribution in [2.75, 3.05) is 18.8 Å². The van der Waals surface area contributed by atoms with Gasteiger partial charge < -0.3 is 25.2 Å². The van der Waals surface area contributed by atoms with Gasteiger partial charge >= 0.3 is 12.1 Å². The molecule has 10 heteroatoms. The number of carbonyl (C=O) groups excluding carboxylic acids is 1. The number of carboxylic acids is 1. The molecular weight excluding hydrogens is 558 g/mol. The molecule has 3 heterocycles. The molecule has 2 aromatic heterocycles. The van der Waals surface area contributed by atoms with Crippen molar-refractivity contribution in [3.05, 3.63) is 84.2 Å². The zero-order chi connectivity index (χ0) is 31.0. The molecule has 0 saturated carbocycles. The van der Waals surface area contributed by atoms with Gasteiger partial charge in [0.25, 0.3) is 0 Å². The maximum atomic E-state index is 12.8. The minimum atomic E-state index is -0.928. The fourth-order valence-corrected chi connectivity index (χ4v) is 5.67. The van der Waals surface area contributed by atoms with E-state index in [1.165, 1.54) is 0 Å². The fraction of sp³-hybridized carbons (Fsp3) is 0.294. The second kappa shape index (κ2) is 11.5. The number of hydrogen-bond acceptors (Lipinski definition) is 7. The Morgan fingerprint density at radius 2 is 1.77 bits per heavy atom. The first-order valence-electron chi connectivity index (χ1n) is 14.6. The Kier molecular flexibility index (Phi) is 7.59. The monoisotopic (exact) mass is 593 g/mol. The second-order valence-electron chi connectivity index (χ2n) is 12.1. The van der Waals surface area contributed by atoms with Crippen LogP contribution in [0.3, 0.4) is 0 Å². The number of rotatable bonds is 7. The van der Waals surface area contributed by atoms with Crippen LogP contribution in [0.4, 0.5) is 10.6 Å². The molecule has 44 heavy (non-hydrogen) atoms. The number of nitrogens with two attached hydrogens (primary N) is 1. The Labute approximate surface area is 255 Å². The van der Waals surface area contributed by atoms with Gasteiger partial charge in [-0.15, -0.1) is 0 Å². The van der Waals surface area contributed by atoms with Crippen molar-refractivity contribution in [1.82, 2.24) is 19.7 Å². The van der Waals surface area contributed by atoms with Crippen molar-refractivity contribution in [1.29, 1.82) is 0 Å². The molecule has 226 valence electrons. The quantitative estimate of drug-likeness (QED) is 0.227. The molecule has 3 aromatic carbocycles. The number of para-hydroxylation sites is 1. The van der Waals surface area contributed by atoms with Crippen LogP contribution in [0, 0.1) is 0 Å². The summed E-state index contributed by atoms with van der Waals surface area (Å²) in [6, 6.07) is 21.3. The standard InChI is InChI=1S/C34H35N5O5/c1-34(2,3)44-33(42)38-15-13-25(19-38)39-29-11-10-23(22-9-8-21-12-14-36-32(35)26(21)16-22)17-27(29)28(37-39)20-43-30-7-5-4-6-24(30)18-31(40)41/h4-12,14,16-17,25H,13,15,18-20H2,1-3H3,(H2,35,36)(H,40,41). The van der Waals surface area contributed by atoms with E-state index in [2.05, 4.69) is 23.2 Å². The number of amides is 1. The maximum absolute atomic E-state index is 12.8. The lowest BCUT2D eigenvalue weighted by Crippen LogP contribution is -2.35. The van der Waals surface area contributed by atoms with Crippen LogP contribution in [0.1, 0.15) is 44.5 Å². The minimum Gasteiger partial charge on any atom is -0.487 e. The van der Waals surface area contributed by atoms with Crippen molar-refractivity contribution in [3.8, 4) is 16.9 Å². The van der Waals surface area contributed by atoms with E-state index in [4.69, 9.17) is 20.3 Å². The largest absolute Gasteiger partial charge is 0.487 e. The molecule has 1 amide bonds. The summed E-state index contributed by atoms with van der Waals surface area (Å²) in [6.07, 6.45) is 1.96. The summed E-state index contributed by atoms with van der Waals surface area (Å²) in [5.74, 6) is 0.0498. The Bertz CT molecular complexity index is 1880. The van der Waals surface area contributed by atoms with E-state index < -0.39 is 11.6 Å². The lowest BCUT2D eigenvalue weighted by molar-refractivity contribution is -0.136. The van der Waals surface area contributed by atoms with E-state index >= 15 is 0 Å². The summed E-state index contributed by atoms with van der Waals surface area (Å²) in [5, 5.41) is 17.2. The third-order valence-corrected chi connectivity index (χ3v) is 7.75. The second-order valence-corrected chi connectivity index (χ2v) is 12.1. The number of hydrogen-bond donors (Lipinski definition) is 2. The van der Waals surface area contributed by atoms with Gasteiger partial charge in [0.1, 0.15) is 29.5 Å². The third kappa shape index (κ3) is 6.01. The minimum absolute atomic E-state index is 0.0459. The number of aliphatic carboxylic acids is 1. The summed E-state index contributed by atoms with van der Waals surface area (Å²) in [5.41, 5.74) is 9.80. The normalized spacial score (nSPS) is 15.2. The molecule has 0 bridgehead atoms. The van der Waals surface area contributed by atoms with Crippen LogP contribution in [-0.2, 0) is 22.6 Å². The molecule has 1 aliphatic rings. The van der Waals surface area contributed by atoms with Crippen LogP contribution >= 0.6 is 0 Å². The molecule has 1 fully saturated rings. The summed E-state index contributed by atoms with van der Waals surface area (Å²) >= 11 is 0. The highest BCUT2D eigenvalue weighted by atomic mass is 16.6. The Morgan fingerprint density at radius 1 is 1.02 bits per heavy atom. The fourth-order valence-electron chi connectivity index (χ4n) is 5.67. The van der Waals surface area contributed by atoms with Crippen LogP contribution in [0.25, 0.3) is 32.8 Å². The van der Waals surface area contributed by atoms with E-state index in [0.29, 0.717) is 35.9 Å². The number of likely N-dealkylation sites (tertiary alicyclic amines) is 1. The predicted molar refractivity (Wildman–Crippen MR) is 168 cm³/mol. The van der Waals surface area contributed by atoms with E-state index in [1.807, 2.05) is 55.8 Å². The molecular formula is C34H35N5O5. The molecule has 1 unspecified atom stereocenters. The number of carbonyl (C=O) groups is 2. The first-order chi connectivity index (χ1) is 21.1. The van der Waals surface area contributed by atoms with Crippen LogP contribution in [0.2, 0.25) is 0 Å². The van der Waals surface area contributed by atoms with Crippen LogP contribution in [-0.4, -0.2) is 55.5 Å². The van der Waals surface area contributed by atoms with E-state index in [0.717, 1.165) is 39.2 Å². The zero-order valence-electron chi connectivity index (χ0n) is 25.0. The first-order valence-corrected chi connectivity index (χ1v) is 14.6. The van der Waals surface area contributed by atoms with Gasteiger partial charge in [0.15, 0.2) is 0 Å². The summed E-state index contributed by atoms with van der Waals surface area (Å²) < 4.78 is 13.8. The first kappa shape index (κ1) is 29.0. The van der Waals surface area contributed by atoms with Crippen LogP contribution in [0.15, 0.2) is 72.9 Å². The summed E-state index contributed by atoms with van der Waals surface area (Å²) in [6.45, 7) is 6.77. The van der Waals surface area contributed by atoms with E-state index in [-0.39, 0.29) is 25.2 Å². The number of aromatic nitrogens is 3. The lowest BCUT2D eigenvalue weighted by atomic mass is 10.00. The molecule has 10 nitrogen and oxygen atoms in total. The molecule has 0 spiro atoms. The Hall–Kier alpha value is -5.12. The number of anilines is 1. The van der Waals surface area contributed by atoms with Gasteiger partial charge in [-0.1, -0.05) is 36.4 Å². The number of pyridine rings is 1. The number of fused-ring (bicyclic) bond motifs is 2. The van der Waals surface area contributed by atoms with Crippen molar-refractivity contribution in [2.24, 2.45) is 0 Å². The van der Waals surface area contributed by atoms with Gasteiger partial charge in [0, 0.05) is 35.6 Å². The SMILES string of the molecule is CC(C)(C)OC(=O)N1CCC(n2nc(COc3ccccc3CC(=O)O)c3cc(-c4ccc5ccnc(N)c5c4)ccc32)C1. The number of ether oxygens (including phenoxy) is 2. The van der Waals surface area contributed by atoms with Crippen LogP contribution in [0.5, 0.6) is 5.75 Å². The topological polar surface area (TPSA) is 133 Å². The predicted octanol–water partition coefficient (Wildman–Crippen LogP) is 6.22.